The number of carbonyl (C=O) groups is 2. The lowest BCUT2D eigenvalue weighted by Crippen LogP contribution is -2.37. The summed E-state index contributed by atoms with van der Waals surface area (Å²) in [6.07, 6.45) is 0.294. The van der Waals surface area contributed by atoms with Crippen LogP contribution in [0.3, 0.4) is 0 Å². The predicted molar refractivity (Wildman–Crippen MR) is 93.8 cm³/mol. The second-order valence-electron chi connectivity index (χ2n) is 5.37. The molecule has 0 bridgehead atoms. The van der Waals surface area contributed by atoms with Gasteiger partial charge in [-0.05, 0) is 42.5 Å². The van der Waals surface area contributed by atoms with Crippen molar-refractivity contribution >= 4 is 45.0 Å². The lowest BCUT2D eigenvalue weighted by Gasteiger charge is -2.17. The number of nitrogens with one attached hydrogen (secondary N) is 1. The van der Waals surface area contributed by atoms with Gasteiger partial charge in [0.05, 0.1) is 6.04 Å². The molecular weight excluding hydrogens is 380 g/mol. The quantitative estimate of drug-likeness (QED) is 0.865. The molecule has 0 aliphatic carbocycles. The lowest BCUT2D eigenvalue weighted by atomic mass is 10.2. The molecule has 2 aromatic rings. The molecule has 0 radical (unpaired) electrons. The van der Waals surface area contributed by atoms with E-state index >= 15 is 0 Å². The van der Waals surface area contributed by atoms with Gasteiger partial charge in [0.15, 0.2) is 0 Å². The SMILES string of the molecule is O=C(N[C@H]1CC(=O)N(c2ccc(Cl)cc2)C1)c1cccc(Br)c1. The van der Waals surface area contributed by atoms with Gasteiger partial charge in [-0.2, -0.15) is 0 Å². The van der Waals surface area contributed by atoms with Crippen LogP contribution in [0.4, 0.5) is 5.69 Å². The van der Waals surface area contributed by atoms with Gasteiger partial charge < -0.3 is 10.2 Å². The van der Waals surface area contributed by atoms with Crippen LogP contribution in [0.2, 0.25) is 5.02 Å². The summed E-state index contributed by atoms with van der Waals surface area (Å²) in [4.78, 5) is 26.1. The van der Waals surface area contributed by atoms with Gasteiger partial charge in [0.25, 0.3) is 5.91 Å². The van der Waals surface area contributed by atoms with E-state index in [2.05, 4.69) is 21.2 Å². The molecule has 3 rings (SSSR count). The van der Waals surface area contributed by atoms with Crippen molar-refractivity contribution in [2.75, 3.05) is 11.4 Å². The zero-order valence-corrected chi connectivity index (χ0v) is 14.5. The van der Waals surface area contributed by atoms with Crippen LogP contribution in [0.5, 0.6) is 0 Å². The van der Waals surface area contributed by atoms with Crippen molar-refractivity contribution in [1.29, 1.82) is 0 Å². The van der Waals surface area contributed by atoms with E-state index in [1.807, 2.05) is 6.07 Å². The second-order valence-corrected chi connectivity index (χ2v) is 6.72. The predicted octanol–water partition coefficient (Wildman–Crippen LogP) is 3.64. The second kappa shape index (κ2) is 6.72. The van der Waals surface area contributed by atoms with Crippen molar-refractivity contribution in [2.45, 2.75) is 12.5 Å². The zero-order chi connectivity index (χ0) is 16.4. The number of halogens is 2. The van der Waals surface area contributed by atoms with Crippen LogP contribution in [0.25, 0.3) is 0 Å². The number of anilines is 1. The monoisotopic (exact) mass is 392 g/mol. The van der Waals surface area contributed by atoms with Gasteiger partial charge >= 0.3 is 0 Å². The highest BCUT2D eigenvalue weighted by Crippen LogP contribution is 2.23. The van der Waals surface area contributed by atoms with Gasteiger partial charge in [-0.15, -0.1) is 0 Å². The van der Waals surface area contributed by atoms with Gasteiger partial charge in [-0.25, -0.2) is 0 Å². The minimum atomic E-state index is -0.204. The first-order chi connectivity index (χ1) is 11.0. The lowest BCUT2D eigenvalue weighted by molar-refractivity contribution is -0.117. The average Bonchev–Trinajstić information content (AvgIpc) is 2.88. The van der Waals surface area contributed by atoms with E-state index in [0.717, 1.165) is 10.2 Å². The summed E-state index contributed by atoms with van der Waals surface area (Å²) in [5.74, 6) is -0.186. The third-order valence-corrected chi connectivity index (χ3v) is 4.43. The Morgan fingerprint density at radius 2 is 1.96 bits per heavy atom. The zero-order valence-electron chi connectivity index (χ0n) is 12.1. The fraction of sp³-hybridized carbons (Fsp3) is 0.176. The Kier molecular flexibility index (Phi) is 4.68. The van der Waals surface area contributed by atoms with Crippen LogP contribution in [-0.4, -0.2) is 24.4 Å². The molecule has 6 heteroatoms. The molecule has 1 atom stereocenters. The highest BCUT2D eigenvalue weighted by molar-refractivity contribution is 9.10. The van der Waals surface area contributed by atoms with Crippen molar-refractivity contribution in [2.24, 2.45) is 0 Å². The molecule has 0 unspecified atom stereocenters. The van der Waals surface area contributed by atoms with Gasteiger partial charge in [-0.1, -0.05) is 33.6 Å². The fourth-order valence-electron chi connectivity index (χ4n) is 2.57. The topological polar surface area (TPSA) is 49.4 Å². The normalized spacial score (nSPS) is 17.4. The molecule has 0 spiro atoms. The molecule has 4 nitrogen and oxygen atoms in total. The summed E-state index contributed by atoms with van der Waals surface area (Å²) < 4.78 is 0.843. The first-order valence-electron chi connectivity index (χ1n) is 7.15. The Morgan fingerprint density at radius 1 is 1.22 bits per heavy atom. The largest absolute Gasteiger partial charge is 0.347 e. The Bertz CT molecular complexity index is 749. The van der Waals surface area contributed by atoms with E-state index < -0.39 is 0 Å². The summed E-state index contributed by atoms with van der Waals surface area (Å²) in [5.41, 5.74) is 1.36. The molecule has 0 saturated carbocycles. The van der Waals surface area contributed by atoms with Crippen LogP contribution in [-0.2, 0) is 4.79 Å². The van der Waals surface area contributed by atoms with Crippen molar-refractivity contribution in [1.82, 2.24) is 5.32 Å². The van der Waals surface area contributed by atoms with E-state index in [1.165, 1.54) is 0 Å². The fourth-order valence-corrected chi connectivity index (χ4v) is 3.10. The Labute approximate surface area is 147 Å². The standard InChI is InChI=1S/C17H14BrClN2O2/c18-12-3-1-2-11(8-12)17(23)20-14-9-16(22)21(10-14)15-6-4-13(19)5-7-15/h1-8,14H,9-10H2,(H,20,23)/t14-/m0/s1. The third-order valence-electron chi connectivity index (χ3n) is 3.69. The number of nitrogens with zero attached hydrogens (tertiary/aromatic N) is 1. The molecule has 1 aliphatic heterocycles. The minimum Gasteiger partial charge on any atom is -0.347 e. The molecular formula is C17H14BrClN2O2. The number of benzene rings is 2. The number of hydrogen-bond acceptors (Lipinski definition) is 2. The molecule has 2 aromatic carbocycles. The molecule has 0 aromatic heterocycles. The number of amides is 2. The van der Waals surface area contributed by atoms with E-state index in [0.29, 0.717) is 23.6 Å². The third kappa shape index (κ3) is 3.74. The Morgan fingerprint density at radius 3 is 2.65 bits per heavy atom. The summed E-state index contributed by atoms with van der Waals surface area (Å²) in [6.45, 7) is 0.459. The summed E-state index contributed by atoms with van der Waals surface area (Å²) in [5, 5.41) is 3.54. The van der Waals surface area contributed by atoms with Crippen LogP contribution in [0, 0.1) is 0 Å². The first kappa shape index (κ1) is 16.0. The van der Waals surface area contributed by atoms with Crippen LogP contribution in [0.15, 0.2) is 53.0 Å². The number of hydrogen-bond donors (Lipinski definition) is 1. The van der Waals surface area contributed by atoms with Crippen LogP contribution in [0.1, 0.15) is 16.8 Å². The molecule has 1 fully saturated rings. The van der Waals surface area contributed by atoms with Gasteiger partial charge in [0.2, 0.25) is 5.91 Å². The maximum Gasteiger partial charge on any atom is 0.251 e. The maximum absolute atomic E-state index is 12.3. The summed E-state index contributed by atoms with van der Waals surface area (Å²) in [7, 11) is 0. The maximum atomic E-state index is 12.3. The first-order valence-corrected chi connectivity index (χ1v) is 8.32. The molecule has 1 N–H and O–H groups in total. The van der Waals surface area contributed by atoms with Crippen molar-refractivity contribution < 1.29 is 9.59 Å². The van der Waals surface area contributed by atoms with Crippen LogP contribution < -0.4 is 10.2 Å². The number of rotatable bonds is 3. The Hall–Kier alpha value is -1.85. The van der Waals surface area contributed by atoms with Crippen molar-refractivity contribution in [3.63, 3.8) is 0 Å². The number of carbonyl (C=O) groups excluding carboxylic acids is 2. The Balaban J connectivity index is 1.68. The van der Waals surface area contributed by atoms with E-state index in [-0.39, 0.29) is 17.9 Å². The molecule has 1 aliphatic rings. The summed E-state index contributed by atoms with van der Waals surface area (Å²) in [6, 6.07) is 14.1. The highest BCUT2D eigenvalue weighted by atomic mass is 79.9. The van der Waals surface area contributed by atoms with E-state index in [9.17, 15) is 9.59 Å². The van der Waals surface area contributed by atoms with E-state index in [1.54, 1.807) is 47.4 Å². The van der Waals surface area contributed by atoms with E-state index in [4.69, 9.17) is 11.6 Å². The van der Waals surface area contributed by atoms with Gasteiger partial charge in [-0.3, -0.25) is 9.59 Å². The molecule has 23 heavy (non-hydrogen) atoms. The van der Waals surface area contributed by atoms with Crippen molar-refractivity contribution in [3.8, 4) is 0 Å². The molecule has 1 heterocycles. The average molecular weight is 394 g/mol. The molecule has 1 saturated heterocycles. The highest BCUT2D eigenvalue weighted by Gasteiger charge is 2.31. The van der Waals surface area contributed by atoms with Crippen LogP contribution >= 0.6 is 27.5 Å². The summed E-state index contributed by atoms with van der Waals surface area (Å²) >= 11 is 9.21. The van der Waals surface area contributed by atoms with Gasteiger partial charge in [0.1, 0.15) is 0 Å². The van der Waals surface area contributed by atoms with Crippen molar-refractivity contribution in [3.05, 3.63) is 63.6 Å². The molecule has 2 amide bonds. The van der Waals surface area contributed by atoms with Gasteiger partial charge in [0, 0.05) is 33.7 Å². The minimum absolute atomic E-state index is 0.00753. The smallest absolute Gasteiger partial charge is 0.251 e. The molecule has 118 valence electrons.